The molecule has 0 aliphatic carbocycles. The van der Waals surface area contributed by atoms with Gasteiger partial charge in [0.2, 0.25) is 0 Å². The Morgan fingerprint density at radius 2 is 2.00 bits per heavy atom. The van der Waals surface area contributed by atoms with E-state index in [2.05, 4.69) is 5.32 Å². The molecule has 0 aliphatic rings. The van der Waals surface area contributed by atoms with Crippen LogP contribution in [0.1, 0.15) is 20.8 Å². The van der Waals surface area contributed by atoms with Crippen molar-refractivity contribution < 1.29 is 5.11 Å². The average molecular weight is 131 g/mol. The van der Waals surface area contributed by atoms with Crippen molar-refractivity contribution in [1.82, 2.24) is 5.32 Å². The maximum Gasteiger partial charge on any atom is 0.0766 e. The number of hydrogen-bond acceptors (Lipinski definition) is 2. The molecule has 56 valence electrons. The van der Waals surface area contributed by atoms with E-state index in [1.165, 1.54) is 0 Å². The normalized spacial score (nSPS) is 18.0. The van der Waals surface area contributed by atoms with Gasteiger partial charge in [-0.15, -0.1) is 0 Å². The van der Waals surface area contributed by atoms with Crippen molar-refractivity contribution in [2.45, 2.75) is 26.4 Å². The van der Waals surface area contributed by atoms with Gasteiger partial charge in [-0.3, -0.25) is 0 Å². The van der Waals surface area contributed by atoms with Crippen LogP contribution in [0.25, 0.3) is 0 Å². The second kappa shape index (κ2) is 3.18. The summed E-state index contributed by atoms with van der Waals surface area (Å²) in [5.74, 6) is 0.310. The molecule has 0 spiro atoms. The largest absolute Gasteiger partial charge is 0.389 e. The lowest BCUT2D eigenvalue weighted by Gasteiger charge is -2.26. The smallest absolute Gasteiger partial charge is 0.0766 e. The first-order valence-electron chi connectivity index (χ1n) is 3.37. The summed E-state index contributed by atoms with van der Waals surface area (Å²) in [6, 6.07) is 0. The summed E-state index contributed by atoms with van der Waals surface area (Å²) < 4.78 is 0. The summed E-state index contributed by atoms with van der Waals surface area (Å²) in [6.07, 6.45) is 0. The molecule has 2 heteroatoms. The molecule has 0 aliphatic heterocycles. The molecule has 0 amide bonds. The average Bonchev–Trinajstić information content (AvgIpc) is 1.65. The van der Waals surface area contributed by atoms with Crippen LogP contribution in [0.4, 0.5) is 0 Å². The fraction of sp³-hybridized carbons (Fsp3) is 1.00. The highest BCUT2D eigenvalue weighted by Gasteiger charge is 2.22. The summed E-state index contributed by atoms with van der Waals surface area (Å²) in [7, 11) is 1.84. The van der Waals surface area contributed by atoms with Gasteiger partial charge in [0.1, 0.15) is 0 Å². The van der Waals surface area contributed by atoms with Gasteiger partial charge in [0.15, 0.2) is 0 Å². The van der Waals surface area contributed by atoms with Gasteiger partial charge in [-0.25, -0.2) is 0 Å². The summed E-state index contributed by atoms with van der Waals surface area (Å²) in [6.45, 7) is 6.52. The summed E-state index contributed by atoms with van der Waals surface area (Å²) >= 11 is 0. The summed E-state index contributed by atoms with van der Waals surface area (Å²) in [4.78, 5) is 0. The Kier molecular flexibility index (Phi) is 3.15. The van der Waals surface area contributed by atoms with E-state index in [1.54, 1.807) is 0 Å². The van der Waals surface area contributed by atoms with E-state index in [0.717, 1.165) is 0 Å². The van der Waals surface area contributed by atoms with Crippen LogP contribution in [-0.4, -0.2) is 24.3 Å². The predicted octanol–water partition coefficient (Wildman–Crippen LogP) is 0.613. The highest BCUT2D eigenvalue weighted by atomic mass is 16.3. The van der Waals surface area contributed by atoms with Crippen LogP contribution in [-0.2, 0) is 0 Å². The lowest BCUT2D eigenvalue weighted by molar-refractivity contribution is 0.0160. The van der Waals surface area contributed by atoms with Crippen LogP contribution in [0.15, 0.2) is 0 Å². The van der Waals surface area contributed by atoms with E-state index in [-0.39, 0.29) is 0 Å². The molecule has 9 heavy (non-hydrogen) atoms. The van der Waals surface area contributed by atoms with Crippen LogP contribution < -0.4 is 5.32 Å². The highest BCUT2D eigenvalue weighted by Crippen LogP contribution is 2.13. The maximum atomic E-state index is 9.53. The second-order valence-electron chi connectivity index (χ2n) is 3.04. The first-order chi connectivity index (χ1) is 4.00. The maximum absolute atomic E-state index is 9.53. The molecule has 0 saturated heterocycles. The molecule has 2 nitrogen and oxygen atoms in total. The fourth-order valence-electron chi connectivity index (χ4n) is 0.562. The van der Waals surface area contributed by atoms with Gasteiger partial charge in [0, 0.05) is 6.54 Å². The van der Waals surface area contributed by atoms with Crippen LogP contribution in [0, 0.1) is 5.92 Å². The van der Waals surface area contributed by atoms with E-state index < -0.39 is 5.60 Å². The van der Waals surface area contributed by atoms with Gasteiger partial charge in [-0.1, -0.05) is 13.8 Å². The van der Waals surface area contributed by atoms with Crippen molar-refractivity contribution in [3.8, 4) is 0 Å². The van der Waals surface area contributed by atoms with Gasteiger partial charge < -0.3 is 10.4 Å². The van der Waals surface area contributed by atoms with Gasteiger partial charge in [0.25, 0.3) is 0 Å². The Morgan fingerprint density at radius 1 is 1.56 bits per heavy atom. The topological polar surface area (TPSA) is 32.3 Å². The molecule has 0 aromatic carbocycles. The highest BCUT2D eigenvalue weighted by molar-refractivity contribution is 4.77. The monoisotopic (exact) mass is 131 g/mol. The summed E-state index contributed by atoms with van der Waals surface area (Å²) in [5.41, 5.74) is -0.561. The van der Waals surface area contributed by atoms with E-state index >= 15 is 0 Å². The Hall–Kier alpha value is -0.0800. The Morgan fingerprint density at radius 3 is 2.11 bits per heavy atom. The Labute approximate surface area is 57.3 Å². The Bertz CT molecular complexity index is 79.0. The van der Waals surface area contributed by atoms with Gasteiger partial charge in [0.05, 0.1) is 5.60 Å². The molecule has 0 rings (SSSR count). The van der Waals surface area contributed by atoms with Crippen molar-refractivity contribution in [2.75, 3.05) is 13.6 Å². The number of rotatable bonds is 3. The molecule has 0 fully saturated rings. The first kappa shape index (κ1) is 8.92. The lowest BCUT2D eigenvalue weighted by atomic mass is 9.93. The summed E-state index contributed by atoms with van der Waals surface area (Å²) in [5, 5.41) is 12.5. The van der Waals surface area contributed by atoms with Crippen molar-refractivity contribution in [3.05, 3.63) is 0 Å². The first-order valence-corrected chi connectivity index (χ1v) is 3.37. The molecule has 0 aromatic heterocycles. The fourth-order valence-corrected chi connectivity index (χ4v) is 0.562. The third-order valence-corrected chi connectivity index (χ3v) is 1.78. The van der Waals surface area contributed by atoms with Crippen LogP contribution in [0.5, 0.6) is 0 Å². The quantitative estimate of drug-likeness (QED) is 0.588. The molecule has 0 radical (unpaired) electrons. The van der Waals surface area contributed by atoms with Crippen molar-refractivity contribution in [1.29, 1.82) is 0 Å². The lowest BCUT2D eigenvalue weighted by Crippen LogP contribution is -2.40. The van der Waals surface area contributed by atoms with E-state index in [9.17, 15) is 5.11 Å². The molecule has 2 N–H and O–H groups in total. The zero-order valence-corrected chi connectivity index (χ0v) is 6.73. The number of likely N-dealkylation sites (N-methyl/N-ethyl adjacent to an activating group) is 1. The van der Waals surface area contributed by atoms with Crippen LogP contribution >= 0.6 is 0 Å². The van der Waals surface area contributed by atoms with Gasteiger partial charge in [-0.2, -0.15) is 0 Å². The Balaban J connectivity index is 3.70. The molecular weight excluding hydrogens is 114 g/mol. The SMILES string of the molecule is CNCC(C)(O)C(C)C. The van der Waals surface area contributed by atoms with Crippen LogP contribution in [0.3, 0.4) is 0 Å². The van der Waals surface area contributed by atoms with E-state index in [0.29, 0.717) is 12.5 Å². The molecule has 0 bridgehead atoms. The molecule has 0 heterocycles. The molecule has 0 aromatic rings. The number of hydrogen-bond donors (Lipinski definition) is 2. The van der Waals surface area contributed by atoms with E-state index in [4.69, 9.17) is 0 Å². The zero-order chi connectivity index (χ0) is 7.49. The molecule has 1 unspecified atom stereocenters. The third kappa shape index (κ3) is 2.82. The third-order valence-electron chi connectivity index (χ3n) is 1.78. The molecule has 1 atom stereocenters. The molecular formula is C7H17NO. The minimum atomic E-state index is -0.561. The number of nitrogens with one attached hydrogen (secondary N) is 1. The number of aliphatic hydroxyl groups is 1. The van der Waals surface area contributed by atoms with Crippen molar-refractivity contribution >= 4 is 0 Å². The second-order valence-corrected chi connectivity index (χ2v) is 3.04. The zero-order valence-electron chi connectivity index (χ0n) is 6.73. The van der Waals surface area contributed by atoms with Crippen LogP contribution in [0.2, 0.25) is 0 Å². The van der Waals surface area contributed by atoms with Gasteiger partial charge in [-0.05, 0) is 19.9 Å². The minimum Gasteiger partial charge on any atom is -0.389 e. The van der Waals surface area contributed by atoms with Crippen molar-refractivity contribution in [3.63, 3.8) is 0 Å². The standard InChI is InChI=1S/C7H17NO/c1-6(2)7(3,9)5-8-4/h6,8-9H,5H2,1-4H3. The predicted molar refractivity (Wildman–Crippen MR) is 39.4 cm³/mol. The van der Waals surface area contributed by atoms with E-state index in [1.807, 2.05) is 27.8 Å². The molecule has 0 saturated carbocycles. The minimum absolute atomic E-state index is 0.310. The van der Waals surface area contributed by atoms with Crippen molar-refractivity contribution in [2.24, 2.45) is 5.92 Å². The van der Waals surface area contributed by atoms with Gasteiger partial charge >= 0.3 is 0 Å².